The number of hydrazone groups is 1. The van der Waals surface area contributed by atoms with Crippen molar-refractivity contribution >= 4 is 28.4 Å². The molecule has 1 atom stereocenters. The van der Waals surface area contributed by atoms with Crippen LogP contribution in [0, 0.1) is 5.92 Å². The molecule has 1 aliphatic heterocycles. The molecule has 0 aliphatic carbocycles. The fourth-order valence-electron chi connectivity index (χ4n) is 2.44. The molecule has 3 N–H and O–H groups in total. The Morgan fingerprint density at radius 1 is 1.30 bits per heavy atom. The van der Waals surface area contributed by atoms with E-state index >= 15 is 0 Å². The molecule has 8 heteroatoms. The summed E-state index contributed by atoms with van der Waals surface area (Å²) < 4.78 is 0. The van der Waals surface area contributed by atoms with E-state index in [4.69, 9.17) is 0 Å². The predicted octanol–water partition coefficient (Wildman–Crippen LogP) is 0.165. The molecule has 0 fully saturated rings. The standard InChI is InChI=1S/C15H15N5O3/c1-8-9(14(22)20-19-8)6-7-16-15(23)12-17-11-5-3-2-4-10(11)13(21)18-12/h2-5,9H,6-7H2,1H3,(H,16,23)(H,20,22)(H,17,18,21). The number of rotatable bonds is 4. The topological polar surface area (TPSA) is 116 Å². The Kier molecular flexibility index (Phi) is 3.88. The first kappa shape index (κ1) is 14.9. The minimum atomic E-state index is -0.485. The highest BCUT2D eigenvalue weighted by atomic mass is 16.2. The average molecular weight is 313 g/mol. The lowest BCUT2D eigenvalue weighted by Gasteiger charge is -2.09. The molecule has 1 aromatic heterocycles. The van der Waals surface area contributed by atoms with Crippen molar-refractivity contribution in [3.8, 4) is 0 Å². The fourth-order valence-corrected chi connectivity index (χ4v) is 2.44. The van der Waals surface area contributed by atoms with E-state index in [1.54, 1.807) is 31.2 Å². The van der Waals surface area contributed by atoms with E-state index in [1.807, 2.05) is 0 Å². The molecule has 0 radical (unpaired) electrons. The van der Waals surface area contributed by atoms with Crippen LogP contribution in [0.1, 0.15) is 24.0 Å². The molecular weight excluding hydrogens is 298 g/mol. The Balaban J connectivity index is 1.68. The van der Waals surface area contributed by atoms with Gasteiger partial charge in [-0.25, -0.2) is 10.4 Å². The van der Waals surface area contributed by atoms with E-state index in [1.165, 1.54) is 0 Å². The van der Waals surface area contributed by atoms with Crippen molar-refractivity contribution in [1.29, 1.82) is 0 Å². The Morgan fingerprint density at radius 3 is 2.83 bits per heavy atom. The lowest BCUT2D eigenvalue weighted by molar-refractivity contribution is -0.122. The average Bonchev–Trinajstić information content (AvgIpc) is 2.86. The van der Waals surface area contributed by atoms with Gasteiger partial charge in [0.05, 0.1) is 16.8 Å². The van der Waals surface area contributed by atoms with Crippen molar-refractivity contribution in [3.05, 3.63) is 40.4 Å². The molecule has 1 aliphatic rings. The summed E-state index contributed by atoms with van der Waals surface area (Å²) in [6, 6.07) is 6.79. The summed E-state index contributed by atoms with van der Waals surface area (Å²) in [5.41, 5.74) is 3.18. The molecule has 2 aromatic rings. The second kappa shape index (κ2) is 5.99. The van der Waals surface area contributed by atoms with Crippen molar-refractivity contribution in [2.24, 2.45) is 11.0 Å². The Morgan fingerprint density at radius 2 is 2.09 bits per heavy atom. The first-order chi connectivity index (χ1) is 11.1. The summed E-state index contributed by atoms with van der Waals surface area (Å²) in [6.45, 7) is 2.03. The van der Waals surface area contributed by atoms with Gasteiger partial charge in [-0.3, -0.25) is 14.4 Å². The highest BCUT2D eigenvalue weighted by molar-refractivity contribution is 6.06. The number of carbonyl (C=O) groups excluding carboxylic acids is 2. The number of H-pyrrole nitrogens is 1. The number of aromatic nitrogens is 2. The van der Waals surface area contributed by atoms with Gasteiger partial charge in [0.15, 0.2) is 5.82 Å². The van der Waals surface area contributed by atoms with E-state index in [0.29, 0.717) is 23.0 Å². The Hall–Kier alpha value is -3.03. The summed E-state index contributed by atoms with van der Waals surface area (Å²) in [7, 11) is 0. The van der Waals surface area contributed by atoms with Gasteiger partial charge in [-0.05, 0) is 25.5 Å². The Labute approximate surface area is 131 Å². The number of carbonyl (C=O) groups is 2. The molecule has 0 saturated carbocycles. The number of fused-ring (bicyclic) bond motifs is 1. The summed E-state index contributed by atoms with van der Waals surface area (Å²) >= 11 is 0. The molecule has 0 bridgehead atoms. The number of benzene rings is 1. The van der Waals surface area contributed by atoms with Crippen LogP contribution in [0.25, 0.3) is 10.9 Å². The van der Waals surface area contributed by atoms with E-state index in [0.717, 1.165) is 0 Å². The van der Waals surface area contributed by atoms with Gasteiger partial charge in [0.2, 0.25) is 5.91 Å². The van der Waals surface area contributed by atoms with Crippen molar-refractivity contribution in [3.63, 3.8) is 0 Å². The lowest BCUT2D eigenvalue weighted by atomic mass is 10.0. The van der Waals surface area contributed by atoms with Gasteiger partial charge in [-0.1, -0.05) is 12.1 Å². The number of hydrogen-bond donors (Lipinski definition) is 3. The zero-order valence-corrected chi connectivity index (χ0v) is 12.4. The summed E-state index contributed by atoms with van der Waals surface area (Å²) in [4.78, 5) is 42.2. The van der Waals surface area contributed by atoms with Crippen LogP contribution in [0.5, 0.6) is 0 Å². The number of para-hydroxylation sites is 1. The predicted molar refractivity (Wildman–Crippen MR) is 84.1 cm³/mol. The maximum atomic E-state index is 12.1. The van der Waals surface area contributed by atoms with E-state index in [9.17, 15) is 14.4 Å². The maximum absolute atomic E-state index is 12.1. The van der Waals surface area contributed by atoms with Crippen LogP contribution >= 0.6 is 0 Å². The molecule has 23 heavy (non-hydrogen) atoms. The minimum absolute atomic E-state index is 0.0463. The molecule has 0 saturated heterocycles. The maximum Gasteiger partial charge on any atom is 0.287 e. The second-order valence-electron chi connectivity index (χ2n) is 5.26. The van der Waals surface area contributed by atoms with Crippen LogP contribution in [0.4, 0.5) is 0 Å². The third-order valence-electron chi connectivity index (χ3n) is 3.71. The molecule has 2 heterocycles. The zero-order chi connectivity index (χ0) is 16.4. The summed E-state index contributed by atoms with van der Waals surface area (Å²) in [5, 5.41) is 6.93. The van der Waals surface area contributed by atoms with Gasteiger partial charge in [0, 0.05) is 12.3 Å². The molecular formula is C15H15N5O3. The van der Waals surface area contributed by atoms with Crippen LogP contribution < -0.4 is 16.3 Å². The van der Waals surface area contributed by atoms with Gasteiger partial charge < -0.3 is 10.3 Å². The second-order valence-corrected chi connectivity index (χ2v) is 5.26. The number of hydrogen-bond acceptors (Lipinski definition) is 5. The number of nitrogens with zero attached hydrogens (tertiary/aromatic N) is 2. The normalized spacial score (nSPS) is 17.0. The zero-order valence-electron chi connectivity index (χ0n) is 12.4. The van der Waals surface area contributed by atoms with Gasteiger partial charge >= 0.3 is 0 Å². The molecule has 1 unspecified atom stereocenters. The fraction of sp³-hybridized carbons (Fsp3) is 0.267. The highest BCUT2D eigenvalue weighted by Gasteiger charge is 2.26. The molecule has 2 amide bonds. The summed E-state index contributed by atoms with van der Waals surface area (Å²) in [6.07, 6.45) is 0.435. The van der Waals surface area contributed by atoms with E-state index < -0.39 is 5.91 Å². The number of nitrogens with one attached hydrogen (secondary N) is 3. The van der Waals surface area contributed by atoms with Gasteiger partial charge in [0.25, 0.3) is 11.5 Å². The SMILES string of the molecule is CC1=NNC(=O)C1CCNC(=O)c1nc2ccccc2c(=O)[nH]1. The van der Waals surface area contributed by atoms with Gasteiger partial charge in [-0.2, -0.15) is 5.10 Å². The number of aromatic amines is 1. The van der Waals surface area contributed by atoms with Crippen LogP contribution in [0.3, 0.4) is 0 Å². The molecule has 3 rings (SSSR count). The van der Waals surface area contributed by atoms with E-state index in [2.05, 4.69) is 25.8 Å². The molecule has 0 spiro atoms. The lowest BCUT2D eigenvalue weighted by Crippen LogP contribution is -2.32. The van der Waals surface area contributed by atoms with Gasteiger partial charge in [0.1, 0.15) is 0 Å². The van der Waals surface area contributed by atoms with Crippen molar-refractivity contribution in [1.82, 2.24) is 20.7 Å². The Bertz CT molecular complexity index is 871. The van der Waals surface area contributed by atoms with Crippen molar-refractivity contribution < 1.29 is 9.59 Å². The third kappa shape index (κ3) is 2.96. The van der Waals surface area contributed by atoms with Crippen LogP contribution in [-0.4, -0.2) is 34.0 Å². The highest BCUT2D eigenvalue weighted by Crippen LogP contribution is 2.10. The van der Waals surface area contributed by atoms with Crippen LogP contribution in [-0.2, 0) is 4.79 Å². The molecule has 8 nitrogen and oxygen atoms in total. The molecule has 118 valence electrons. The van der Waals surface area contributed by atoms with Crippen molar-refractivity contribution in [2.45, 2.75) is 13.3 Å². The van der Waals surface area contributed by atoms with E-state index in [-0.39, 0.29) is 29.8 Å². The summed E-state index contributed by atoms with van der Waals surface area (Å²) in [5.74, 6) is -1.04. The minimum Gasteiger partial charge on any atom is -0.349 e. The number of amides is 2. The quantitative estimate of drug-likeness (QED) is 0.745. The van der Waals surface area contributed by atoms with Crippen LogP contribution in [0.2, 0.25) is 0 Å². The first-order valence-corrected chi connectivity index (χ1v) is 7.17. The molecule has 1 aromatic carbocycles. The van der Waals surface area contributed by atoms with Crippen molar-refractivity contribution in [2.75, 3.05) is 6.54 Å². The monoisotopic (exact) mass is 313 g/mol. The van der Waals surface area contributed by atoms with Crippen LogP contribution in [0.15, 0.2) is 34.2 Å². The third-order valence-corrected chi connectivity index (χ3v) is 3.71. The largest absolute Gasteiger partial charge is 0.349 e. The van der Waals surface area contributed by atoms with Gasteiger partial charge in [-0.15, -0.1) is 0 Å². The first-order valence-electron chi connectivity index (χ1n) is 7.17. The smallest absolute Gasteiger partial charge is 0.287 e.